The average molecular weight is 313 g/mol. The van der Waals surface area contributed by atoms with Crippen LogP contribution in [0.15, 0.2) is 15.7 Å². The summed E-state index contributed by atoms with van der Waals surface area (Å²) in [6.07, 6.45) is 0.547. The first kappa shape index (κ1) is 12.9. The molecule has 4 nitrogen and oxygen atoms in total. The highest BCUT2D eigenvalue weighted by Crippen LogP contribution is 2.34. The summed E-state index contributed by atoms with van der Waals surface area (Å²) in [5.74, 6) is -3.16. The minimum atomic E-state index is -1.17. The fourth-order valence-electron chi connectivity index (χ4n) is 0.881. The second-order valence-electron chi connectivity index (χ2n) is 2.58. The summed E-state index contributed by atoms with van der Waals surface area (Å²) < 4.78 is 25.6. The molecule has 16 heavy (non-hydrogen) atoms. The summed E-state index contributed by atoms with van der Waals surface area (Å²) in [5.41, 5.74) is -0.141. The van der Waals surface area contributed by atoms with Crippen LogP contribution in [0, 0.1) is 11.6 Å². The molecule has 86 valence electrons. The van der Waals surface area contributed by atoms with Crippen LogP contribution in [0.4, 0.5) is 14.5 Å². The summed E-state index contributed by atoms with van der Waals surface area (Å²) in [7, 11) is 0. The van der Waals surface area contributed by atoms with E-state index in [4.69, 9.17) is 16.8 Å². The van der Waals surface area contributed by atoms with E-state index >= 15 is 0 Å². The fourth-order valence-corrected chi connectivity index (χ4v) is 1.47. The number of oxime groups is 1. The molecule has 1 rings (SSSR count). The van der Waals surface area contributed by atoms with Gasteiger partial charge in [0, 0.05) is 6.07 Å². The Morgan fingerprint density at radius 3 is 2.81 bits per heavy atom. The van der Waals surface area contributed by atoms with E-state index in [1.165, 1.54) is 0 Å². The Morgan fingerprint density at radius 1 is 1.62 bits per heavy atom. The fraction of sp³-hybridized carbons (Fsp3) is 0. The van der Waals surface area contributed by atoms with Crippen molar-refractivity contribution in [2.45, 2.75) is 0 Å². The third kappa shape index (κ3) is 2.67. The van der Waals surface area contributed by atoms with Crippen molar-refractivity contribution in [3.63, 3.8) is 0 Å². The Kier molecular flexibility index (Phi) is 4.19. The maximum Gasteiger partial charge on any atom is 0.270 e. The number of nitrogens with zero attached hydrogens (tertiary/aromatic N) is 1. The van der Waals surface area contributed by atoms with Crippen LogP contribution in [0.2, 0.25) is 5.02 Å². The van der Waals surface area contributed by atoms with Gasteiger partial charge in [-0.05, 0) is 15.9 Å². The van der Waals surface area contributed by atoms with E-state index in [1.54, 1.807) is 0 Å². The topological polar surface area (TPSA) is 61.7 Å². The number of anilines is 1. The van der Waals surface area contributed by atoms with Crippen LogP contribution in [0.5, 0.6) is 0 Å². The van der Waals surface area contributed by atoms with Gasteiger partial charge >= 0.3 is 0 Å². The predicted octanol–water partition coefficient (Wildman–Crippen LogP) is 2.78. The number of nitrogens with one attached hydrogen (secondary N) is 1. The highest BCUT2D eigenvalue weighted by molar-refractivity contribution is 9.10. The molecule has 0 spiro atoms. The predicted molar refractivity (Wildman–Crippen MR) is 58.0 cm³/mol. The standard InChI is InChI=1S/C8H4BrClF2N2O2/c9-6-7(10)4(1-3(11)8(6)12)14-5(15)2-13-16/h1-2,16H,(H,14,15). The second-order valence-corrected chi connectivity index (χ2v) is 3.75. The molecule has 0 saturated carbocycles. The monoisotopic (exact) mass is 312 g/mol. The largest absolute Gasteiger partial charge is 0.411 e. The van der Waals surface area contributed by atoms with Crippen molar-refractivity contribution in [2.24, 2.45) is 5.16 Å². The summed E-state index contributed by atoms with van der Waals surface area (Å²) >= 11 is 8.37. The normalized spacial score (nSPS) is 10.8. The van der Waals surface area contributed by atoms with Crippen LogP contribution in [-0.2, 0) is 4.79 Å². The SMILES string of the molecule is O=C(C=NO)Nc1cc(F)c(F)c(Br)c1Cl. The maximum atomic E-state index is 13.0. The van der Waals surface area contributed by atoms with Gasteiger partial charge in [0.2, 0.25) is 0 Å². The molecule has 0 fully saturated rings. The van der Waals surface area contributed by atoms with E-state index in [9.17, 15) is 13.6 Å². The first-order valence-corrected chi connectivity index (χ1v) is 4.96. The van der Waals surface area contributed by atoms with E-state index in [2.05, 4.69) is 26.4 Å². The van der Waals surface area contributed by atoms with Crippen LogP contribution in [0.25, 0.3) is 0 Å². The highest BCUT2D eigenvalue weighted by atomic mass is 79.9. The molecule has 0 aliphatic carbocycles. The molecule has 0 aliphatic heterocycles. The lowest BCUT2D eigenvalue weighted by molar-refractivity contribution is -0.110. The molecule has 1 amide bonds. The van der Waals surface area contributed by atoms with Crippen molar-refractivity contribution >= 4 is 45.3 Å². The van der Waals surface area contributed by atoms with Gasteiger partial charge in [0.25, 0.3) is 5.91 Å². The minimum absolute atomic E-state index is 0.141. The Bertz CT molecular complexity index is 468. The van der Waals surface area contributed by atoms with Crippen LogP contribution in [0.1, 0.15) is 0 Å². The second kappa shape index (κ2) is 5.22. The smallest absolute Gasteiger partial charge is 0.270 e. The maximum absolute atomic E-state index is 13.0. The van der Waals surface area contributed by atoms with Crippen molar-refractivity contribution in [1.29, 1.82) is 0 Å². The molecule has 0 bridgehead atoms. The molecule has 0 saturated heterocycles. The van der Waals surface area contributed by atoms with Crippen LogP contribution < -0.4 is 5.32 Å². The van der Waals surface area contributed by atoms with Gasteiger partial charge in [-0.25, -0.2) is 8.78 Å². The van der Waals surface area contributed by atoms with E-state index in [0.29, 0.717) is 12.3 Å². The molecular weight excluding hydrogens is 309 g/mol. The number of halogens is 4. The Balaban J connectivity index is 3.11. The Morgan fingerprint density at radius 2 is 2.25 bits per heavy atom. The quantitative estimate of drug-likeness (QED) is 0.290. The van der Waals surface area contributed by atoms with Crippen LogP contribution in [0.3, 0.4) is 0 Å². The zero-order valence-electron chi connectivity index (χ0n) is 7.47. The first-order chi connectivity index (χ1) is 7.47. The number of carbonyl (C=O) groups is 1. The van der Waals surface area contributed by atoms with E-state index < -0.39 is 17.5 Å². The molecule has 2 N–H and O–H groups in total. The molecule has 0 radical (unpaired) electrons. The number of rotatable bonds is 2. The summed E-state index contributed by atoms with van der Waals surface area (Å²) in [5, 5.41) is 12.4. The van der Waals surface area contributed by atoms with E-state index in [-0.39, 0.29) is 15.2 Å². The van der Waals surface area contributed by atoms with Crippen molar-refractivity contribution in [3.05, 3.63) is 27.2 Å². The summed E-state index contributed by atoms with van der Waals surface area (Å²) in [6, 6.07) is 0.714. The third-order valence-corrected chi connectivity index (χ3v) is 2.90. The zero-order valence-corrected chi connectivity index (χ0v) is 9.81. The molecule has 0 atom stereocenters. The average Bonchev–Trinajstić information content (AvgIpc) is 2.23. The van der Waals surface area contributed by atoms with Crippen LogP contribution in [-0.4, -0.2) is 17.3 Å². The molecule has 1 aromatic rings. The number of benzene rings is 1. The van der Waals surface area contributed by atoms with Gasteiger partial charge in [-0.15, -0.1) is 0 Å². The van der Waals surface area contributed by atoms with Gasteiger partial charge in [0.1, 0.15) is 6.21 Å². The third-order valence-electron chi connectivity index (χ3n) is 1.54. The van der Waals surface area contributed by atoms with Crippen molar-refractivity contribution in [2.75, 3.05) is 5.32 Å². The Labute approximate surface area is 102 Å². The van der Waals surface area contributed by atoms with Gasteiger partial charge in [-0.1, -0.05) is 16.8 Å². The highest BCUT2D eigenvalue weighted by Gasteiger charge is 2.16. The number of hydrogen-bond donors (Lipinski definition) is 2. The lowest BCUT2D eigenvalue weighted by Crippen LogP contribution is -2.13. The van der Waals surface area contributed by atoms with E-state index in [0.717, 1.165) is 0 Å². The van der Waals surface area contributed by atoms with Gasteiger partial charge in [-0.3, -0.25) is 4.79 Å². The first-order valence-electron chi connectivity index (χ1n) is 3.78. The van der Waals surface area contributed by atoms with Gasteiger partial charge < -0.3 is 10.5 Å². The van der Waals surface area contributed by atoms with Crippen LogP contribution >= 0.6 is 27.5 Å². The number of hydrogen-bond acceptors (Lipinski definition) is 3. The zero-order chi connectivity index (χ0) is 12.3. The molecular formula is C8H4BrClF2N2O2. The molecule has 8 heteroatoms. The lowest BCUT2D eigenvalue weighted by Gasteiger charge is -2.07. The molecule has 0 aromatic heterocycles. The van der Waals surface area contributed by atoms with Gasteiger partial charge in [-0.2, -0.15) is 0 Å². The summed E-state index contributed by atoms with van der Waals surface area (Å²) in [4.78, 5) is 11.0. The Hall–Kier alpha value is -1.21. The van der Waals surface area contributed by atoms with Gasteiger partial charge in [0.15, 0.2) is 11.6 Å². The summed E-state index contributed by atoms with van der Waals surface area (Å²) in [6.45, 7) is 0. The van der Waals surface area contributed by atoms with Crippen molar-refractivity contribution < 1.29 is 18.8 Å². The lowest BCUT2D eigenvalue weighted by atomic mass is 10.3. The van der Waals surface area contributed by atoms with Gasteiger partial charge in [0.05, 0.1) is 15.2 Å². The number of amides is 1. The molecule has 0 aliphatic rings. The molecule has 0 unspecified atom stereocenters. The molecule has 0 heterocycles. The number of carbonyl (C=O) groups excluding carboxylic acids is 1. The van der Waals surface area contributed by atoms with E-state index in [1.807, 2.05) is 0 Å². The van der Waals surface area contributed by atoms with Crippen molar-refractivity contribution in [1.82, 2.24) is 0 Å². The molecule has 1 aromatic carbocycles. The van der Waals surface area contributed by atoms with Crippen molar-refractivity contribution in [3.8, 4) is 0 Å². The minimum Gasteiger partial charge on any atom is -0.411 e.